The zero-order valence-electron chi connectivity index (χ0n) is 13.5. The lowest BCUT2D eigenvalue weighted by molar-refractivity contribution is 0.715. The van der Waals surface area contributed by atoms with Gasteiger partial charge in [-0.1, -0.05) is 36.9 Å². The van der Waals surface area contributed by atoms with Crippen LogP contribution in [0.15, 0.2) is 22.7 Å². The second kappa shape index (κ2) is 8.78. The second-order valence-electron chi connectivity index (χ2n) is 5.26. The van der Waals surface area contributed by atoms with E-state index >= 15 is 0 Å². The molecular weight excluding hydrogens is 344 g/mol. The van der Waals surface area contributed by atoms with E-state index in [2.05, 4.69) is 26.9 Å². The highest BCUT2D eigenvalue weighted by Crippen LogP contribution is 2.26. The van der Waals surface area contributed by atoms with Crippen LogP contribution < -0.4 is 22.9 Å². The maximum absolute atomic E-state index is 5.69. The van der Waals surface area contributed by atoms with Gasteiger partial charge in [0.05, 0.1) is 23.8 Å². The molecule has 130 valence electrons. The first-order valence-electron chi connectivity index (χ1n) is 7.51. The molecule has 2 rings (SSSR count). The van der Waals surface area contributed by atoms with Crippen molar-refractivity contribution in [2.75, 3.05) is 28.7 Å². The molecule has 1 unspecified atom stereocenters. The molecule has 0 saturated heterocycles. The lowest BCUT2D eigenvalue weighted by atomic mass is 10.2. The summed E-state index contributed by atoms with van der Waals surface area (Å²) in [4.78, 5) is 16.6. The summed E-state index contributed by atoms with van der Waals surface area (Å²) in [5.74, 6) is 1.60. The topological polar surface area (TPSA) is 156 Å². The minimum absolute atomic E-state index is 0.332. The van der Waals surface area contributed by atoms with Crippen LogP contribution in [0.4, 0.5) is 23.0 Å². The third kappa shape index (κ3) is 5.60. The lowest BCUT2D eigenvalue weighted by Crippen LogP contribution is -2.03. The summed E-state index contributed by atoms with van der Waals surface area (Å²) >= 11 is 3.19. The minimum atomic E-state index is 0.332. The number of anilines is 4. The number of hydrogen-bond donors (Lipinski definition) is 4. The van der Waals surface area contributed by atoms with Crippen molar-refractivity contribution >= 4 is 46.5 Å². The first-order chi connectivity index (χ1) is 11.5. The highest BCUT2D eigenvalue weighted by molar-refractivity contribution is 7.99. The van der Waals surface area contributed by atoms with Gasteiger partial charge < -0.3 is 22.9 Å². The number of nitrogens with zero attached hydrogens (tertiary/aromatic N) is 4. The van der Waals surface area contributed by atoms with E-state index in [1.807, 2.05) is 0 Å². The van der Waals surface area contributed by atoms with E-state index in [1.165, 1.54) is 0 Å². The molecule has 2 aromatic heterocycles. The van der Waals surface area contributed by atoms with Gasteiger partial charge in [-0.05, 0) is 12.8 Å². The summed E-state index contributed by atoms with van der Waals surface area (Å²) < 4.78 is 0. The molecule has 0 aliphatic carbocycles. The summed E-state index contributed by atoms with van der Waals surface area (Å²) in [6.07, 6.45) is 6.31. The Morgan fingerprint density at radius 2 is 1.50 bits per heavy atom. The van der Waals surface area contributed by atoms with Gasteiger partial charge in [-0.25, -0.2) is 19.9 Å². The number of hydrogen-bond acceptors (Lipinski definition) is 10. The van der Waals surface area contributed by atoms with Crippen LogP contribution in [0.5, 0.6) is 0 Å². The Hall–Kier alpha value is -1.94. The quantitative estimate of drug-likeness (QED) is 0.309. The van der Waals surface area contributed by atoms with E-state index < -0.39 is 0 Å². The fraction of sp³-hybridized carbons (Fsp3) is 0.429. The van der Waals surface area contributed by atoms with Gasteiger partial charge in [-0.15, -0.1) is 0 Å². The summed E-state index contributed by atoms with van der Waals surface area (Å²) in [5.41, 5.74) is 23.4. The Balaban J connectivity index is 1.66. The first kappa shape index (κ1) is 18.4. The summed E-state index contributed by atoms with van der Waals surface area (Å²) in [6, 6.07) is 0. The third-order valence-corrected chi connectivity index (χ3v) is 5.19. The number of thioether (sulfide) groups is 2. The predicted octanol–water partition coefficient (Wildman–Crippen LogP) is 2.04. The molecule has 0 saturated carbocycles. The van der Waals surface area contributed by atoms with Gasteiger partial charge in [-0.2, -0.15) is 0 Å². The SMILES string of the molecule is CC(CCCCSc1ncc(N)c(N)n1)Sc1ncc(N)c(N)n1. The fourth-order valence-electron chi connectivity index (χ4n) is 1.84. The molecule has 0 amide bonds. The summed E-state index contributed by atoms with van der Waals surface area (Å²) in [7, 11) is 0. The Labute approximate surface area is 149 Å². The zero-order valence-corrected chi connectivity index (χ0v) is 15.1. The number of rotatable bonds is 8. The average molecular weight is 367 g/mol. The molecule has 0 radical (unpaired) electrons. The van der Waals surface area contributed by atoms with Crippen molar-refractivity contribution in [3.8, 4) is 0 Å². The smallest absolute Gasteiger partial charge is 0.189 e. The van der Waals surface area contributed by atoms with Crippen LogP contribution in [0, 0.1) is 0 Å². The standard InChI is InChI=1S/C14H22N8S2/c1-8(24-14-20-7-10(16)12(18)22-14)4-2-3-5-23-13-19-6-9(15)11(17)21-13/h6-8H,2-5,15-16H2,1H3,(H2,17,19,21)(H2,18,20,22). The summed E-state index contributed by atoms with van der Waals surface area (Å²) in [6.45, 7) is 2.15. The van der Waals surface area contributed by atoms with Gasteiger partial charge in [0, 0.05) is 11.0 Å². The third-order valence-electron chi connectivity index (χ3n) is 3.19. The van der Waals surface area contributed by atoms with E-state index in [0.717, 1.165) is 25.0 Å². The van der Waals surface area contributed by atoms with Gasteiger partial charge >= 0.3 is 0 Å². The van der Waals surface area contributed by atoms with Crippen LogP contribution in [0.3, 0.4) is 0 Å². The minimum Gasteiger partial charge on any atom is -0.394 e. The number of unbranched alkanes of at least 4 members (excludes halogenated alkanes) is 1. The molecule has 8 nitrogen and oxygen atoms in total. The number of aromatic nitrogens is 4. The van der Waals surface area contributed by atoms with Gasteiger partial charge in [0.2, 0.25) is 0 Å². The second-order valence-corrected chi connectivity index (χ2v) is 7.73. The van der Waals surface area contributed by atoms with Crippen molar-refractivity contribution in [2.24, 2.45) is 0 Å². The molecule has 10 heteroatoms. The predicted molar refractivity (Wildman–Crippen MR) is 102 cm³/mol. The van der Waals surface area contributed by atoms with Gasteiger partial charge in [0.1, 0.15) is 0 Å². The average Bonchev–Trinajstić information content (AvgIpc) is 2.54. The van der Waals surface area contributed by atoms with E-state index in [0.29, 0.717) is 38.6 Å². The van der Waals surface area contributed by atoms with E-state index in [9.17, 15) is 0 Å². The maximum Gasteiger partial charge on any atom is 0.189 e. The fourth-order valence-corrected chi connectivity index (χ4v) is 3.57. The van der Waals surface area contributed by atoms with Gasteiger partial charge in [-0.3, -0.25) is 0 Å². The van der Waals surface area contributed by atoms with Crippen LogP contribution in [0.1, 0.15) is 26.2 Å². The molecule has 0 spiro atoms. The molecule has 0 fully saturated rings. The largest absolute Gasteiger partial charge is 0.394 e. The Bertz CT molecular complexity index is 682. The highest BCUT2D eigenvalue weighted by atomic mass is 32.2. The van der Waals surface area contributed by atoms with Crippen LogP contribution in [-0.2, 0) is 0 Å². The van der Waals surface area contributed by atoms with Gasteiger partial charge in [0.15, 0.2) is 21.9 Å². The van der Waals surface area contributed by atoms with E-state index in [1.54, 1.807) is 35.9 Å². The molecule has 1 atom stereocenters. The molecule has 0 aliphatic heterocycles. The molecule has 8 N–H and O–H groups in total. The molecular formula is C14H22N8S2. The Morgan fingerprint density at radius 3 is 2.12 bits per heavy atom. The first-order valence-corrected chi connectivity index (χ1v) is 9.37. The van der Waals surface area contributed by atoms with Crippen molar-refractivity contribution < 1.29 is 0 Å². The molecule has 0 aliphatic rings. The lowest BCUT2D eigenvalue weighted by Gasteiger charge is -2.10. The number of nitrogen functional groups attached to an aromatic ring is 4. The van der Waals surface area contributed by atoms with Crippen LogP contribution in [0.25, 0.3) is 0 Å². The van der Waals surface area contributed by atoms with E-state index in [4.69, 9.17) is 22.9 Å². The highest BCUT2D eigenvalue weighted by Gasteiger charge is 2.09. The number of nitrogens with two attached hydrogens (primary N) is 4. The van der Waals surface area contributed by atoms with Crippen molar-refractivity contribution in [3.63, 3.8) is 0 Å². The van der Waals surface area contributed by atoms with Crippen molar-refractivity contribution in [1.82, 2.24) is 19.9 Å². The monoisotopic (exact) mass is 366 g/mol. The summed E-state index contributed by atoms with van der Waals surface area (Å²) in [5, 5.41) is 1.73. The van der Waals surface area contributed by atoms with Crippen molar-refractivity contribution in [2.45, 2.75) is 41.7 Å². The van der Waals surface area contributed by atoms with Crippen LogP contribution in [-0.4, -0.2) is 30.9 Å². The van der Waals surface area contributed by atoms with Crippen LogP contribution >= 0.6 is 23.5 Å². The zero-order chi connectivity index (χ0) is 17.5. The van der Waals surface area contributed by atoms with Crippen molar-refractivity contribution in [1.29, 1.82) is 0 Å². The van der Waals surface area contributed by atoms with Crippen LogP contribution in [0.2, 0.25) is 0 Å². The molecule has 0 bridgehead atoms. The van der Waals surface area contributed by atoms with Crippen molar-refractivity contribution in [3.05, 3.63) is 12.4 Å². The molecule has 2 heterocycles. The van der Waals surface area contributed by atoms with E-state index in [-0.39, 0.29) is 0 Å². The Morgan fingerprint density at radius 1 is 0.917 bits per heavy atom. The normalized spacial score (nSPS) is 12.2. The maximum atomic E-state index is 5.69. The Kier molecular flexibility index (Phi) is 6.73. The van der Waals surface area contributed by atoms with Gasteiger partial charge in [0.25, 0.3) is 0 Å². The molecule has 2 aromatic rings. The molecule has 0 aromatic carbocycles. The molecule has 24 heavy (non-hydrogen) atoms.